The van der Waals surface area contributed by atoms with E-state index in [1.165, 1.54) is 5.56 Å². The van der Waals surface area contributed by atoms with Gasteiger partial charge in [0.1, 0.15) is 5.75 Å². The Morgan fingerprint density at radius 2 is 2.06 bits per heavy atom. The molecule has 3 heteroatoms. The van der Waals surface area contributed by atoms with Crippen LogP contribution in [-0.2, 0) is 17.8 Å². The normalized spacial score (nSPS) is 17.2. The highest BCUT2D eigenvalue weighted by molar-refractivity contribution is 5.38. The van der Waals surface area contributed by atoms with Crippen LogP contribution >= 0.6 is 0 Å². The predicted molar refractivity (Wildman–Crippen MR) is 63.6 cm³/mol. The van der Waals surface area contributed by atoms with Gasteiger partial charge >= 0.3 is 0 Å². The Hall–Kier alpha value is -1.06. The second-order valence-corrected chi connectivity index (χ2v) is 4.62. The van der Waals surface area contributed by atoms with Gasteiger partial charge in [-0.15, -0.1) is 0 Å². The number of nitrogens with two attached hydrogens (primary N) is 1. The molecule has 1 aromatic carbocycles. The number of hydrogen-bond donors (Lipinski definition) is 1. The summed E-state index contributed by atoms with van der Waals surface area (Å²) in [5, 5.41) is 0. The molecule has 0 spiro atoms. The van der Waals surface area contributed by atoms with Crippen LogP contribution in [0, 0.1) is 0 Å². The van der Waals surface area contributed by atoms with Crippen LogP contribution in [0.5, 0.6) is 5.75 Å². The molecule has 1 aliphatic carbocycles. The van der Waals surface area contributed by atoms with Gasteiger partial charge in [0.2, 0.25) is 0 Å². The van der Waals surface area contributed by atoms with E-state index >= 15 is 0 Å². The molecule has 3 nitrogen and oxygen atoms in total. The van der Waals surface area contributed by atoms with Crippen LogP contribution in [0.15, 0.2) is 18.2 Å². The summed E-state index contributed by atoms with van der Waals surface area (Å²) >= 11 is 0. The third-order valence-corrected chi connectivity index (χ3v) is 3.09. The van der Waals surface area contributed by atoms with Gasteiger partial charge in [-0.3, -0.25) is 0 Å². The van der Waals surface area contributed by atoms with Crippen LogP contribution in [0.2, 0.25) is 0 Å². The standard InChI is InChI=1S/C13H19NO2/c1-15-9-11-7-10(3-4-12(11)16-2)8-13(14)5-6-13/h3-4,7H,5-6,8-9,14H2,1-2H3. The molecule has 0 aliphatic heterocycles. The third-order valence-electron chi connectivity index (χ3n) is 3.09. The van der Waals surface area contributed by atoms with Crippen LogP contribution in [0.1, 0.15) is 24.0 Å². The van der Waals surface area contributed by atoms with E-state index in [1.807, 2.05) is 6.07 Å². The molecule has 1 aliphatic rings. The fourth-order valence-corrected chi connectivity index (χ4v) is 1.95. The largest absolute Gasteiger partial charge is 0.496 e. The quantitative estimate of drug-likeness (QED) is 0.825. The van der Waals surface area contributed by atoms with E-state index < -0.39 is 0 Å². The van der Waals surface area contributed by atoms with Crippen molar-refractivity contribution in [3.63, 3.8) is 0 Å². The Kier molecular flexibility index (Phi) is 3.17. The van der Waals surface area contributed by atoms with Crippen molar-refractivity contribution in [1.82, 2.24) is 0 Å². The number of methoxy groups -OCH3 is 2. The Morgan fingerprint density at radius 3 is 2.62 bits per heavy atom. The lowest BCUT2D eigenvalue weighted by atomic mass is 10.0. The number of rotatable bonds is 5. The molecule has 0 bridgehead atoms. The number of ether oxygens (including phenoxy) is 2. The summed E-state index contributed by atoms with van der Waals surface area (Å²) in [6.45, 7) is 0.578. The molecule has 1 aromatic rings. The molecule has 2 N–H and O–H groups in total. The van der Waals surface area contributed by atoms with Gasteiger partial charge in [0, 0.05) is 18.2 Å². The van der Waals surface area contributed by atoms with E-state index in [0.717, 1.165) is 30.6 Å². The maximum atomic E-state index is 6.11. The van der Waals surface area contributed by atoms with Gasteiger partial charge in [-0.1, -0.05) is 6.07 Å². The van der Waals surface area contributed by atoms with Crippen molar-refractivity contribution in [1.29, 1.82) is 0 Å². The highest BCUT2D eigenvalue weighted by atomic mass is 16.5. The van der Waals surface area contributed by atoms with Gasteiger partial charge in [0.25, 0.3) is 0 Å². The summed E-state index contributed by atoms with van der Waals surface area (Å²) in [7, 11) is 3.37. The first-order chi connectivity index (χ1) is 7.67. The van der Waals surface area contributed by atoms with Crippen molar-refractivity contribution in [2.45, 2.75) is 31.4 Å². The van der Waals surface area contributed by atoms with Crippen LogP contribution in [0.4, 0.5) is 0 Å². The first-order valence-electron chi connectivity index (χ1n) is 5.60. The van der Waals surface area contributed by atoms with Crippen molar-refractivity contribution in [2.24, 2.45) is 5.73 Å². The molecule has 0 unspecified atom stereocenters. The van der Waals surface area contributed by atoms with E-state index in [4.69, 9.17) is 15.2 Å². The number of benzene rings is 1. The molecule has 0 atom stereocenters. The minimum atomic E-state index is 0.0545. The van der Waals surface area contributed by atoms with Gasteiger partial charge in [-0.25, -0.2) is 0 Å². The molecule has 16 heavy (non-hydrogen) atoms. The van der Waals surface area contributed by atoms with Crippen molar-refractivity contribution in [2.75, 3.05) is 14.2 Å². The van der Waals surface area contributed by atoms with Crippen LogP contribution < -0.4 is 10.5 Å². The molecular weight excluding hydrogens is 202 g/mol. The first kappa shape index (κ1) is 11.4. The Balaban J connectivity index is 2.17. The fourth-order valence-electron chi connectivity index (χ4n) is 1.95. The van der Waals surface area contributed by atoms with Gasteiger partial charge in [-0.05, 0) is 37.0 Å². The van der Waals surface area contributed by atoms with Crippen LogP contribution in [-0.4, -0.2) is 19.8 Å². The Morgan fingerprint density at radius 1 is 1.31 bits per heavy atom. The maximum Gasteiger partial charge on any atom is 0.124 e. The lowest BCUT2D eigenvalue weighted by Crippen LogP contribution is -2.24. The summed E-state index contributed by atoms with van der Waals surface area (Å²) in [5.41, 5.74) is 8.53. The Bertz CT molecular complexity index is 372. The highest BCUT2D eigenvalue weighted by Crippen LogP contribution is 2.36. The highest BCUT2D eigenvalue weighted by Gasteiger charge is 2.37. The zero-order valence-corrected chi connectivity index (χ0v) is 9.95. The van der Waals surface area contributed by atoms with Crippen LogP contribution in [0.3, 0.4) is 0 Å². The summed E-state index contributed by atoms with van der Waals surface area (Å²) in [6.07, 6.45) is 3.23. The van der Waals surface area contributed by atoms with E-state index in [9.17, 15) is 0 Å². The van der Waals surface area contributed by atoms with Gasteiger partial charge in [0.15, 0.2) is 0 Å². The van der Waals surface area contributed by atoms with Gasteiger partial charge in [0.05, 0.1) is 13.7 Å². The number of hydrogen-bond acceptors (Lipinski definition) is 3. The molecular formula is C13H19NO2. The third kappa shape index (κ3) is 2.54. The molecule has 0 radical (unpaired) electrons. The molecule has 88 valence electrons. The SMILES string of the molecule is COCc1cc(CC2(N)CC2)ccc1OC. The molecule has 0 amide bonds. The minimum absolute atomic E-state index is 0.0545. The van der Waals surface area contributed by atoms with Crippen molar-refractivity contribution < 1.29 is 9.47 Å². The van der Waals surface area contributed by atoms with Gasteiger partial charge < -0.3 is 15.2 Å². The monoisotopic (exact) mass is 221 g/mol. The average Bonchev–Trinajstić information content (AvgIpc) is 2.97. The minimum Gasteiger partial charge on any atom is -0.496 e. The summed E-state index contributed by atoms with van der Waals surface area (Å²) in [5.74, 6) is 0.882. The van der Waals surface area contributed by atoms with Gasteiger partial charge in [-0.2, -0.15) is 0 Å². The maximum absolute atomic E-state index is 6.11. The second kappa shape index (κ2) is 4.44. The first-order valence-corrected chi connectivity index (χ1v) is 5.60. The topological polar surface area (TPSA) is 44.5 Å². The zero-order chi connectivity index (χ0) is 11.6. The smallest absolute Gasteiger partial charge is 0.124 e. The van der Waals surface area contributed by atoms with Crippen LogP contribution in [0.25, 0.3) is 0 Å². The summed E-state index contributed by atoms with van der Waals surface area (Å²) in [6, 6.07) is 6.22. The Labute approximate surface area is 96.5 Å². The lowest BCUT2D eigenvalue weighted by Gasteiger charge is -2.12. The zero-order valence-electron chi connectivity index (χ0n) is 9.95. The second-order valence-electron chi connectivity index (χ2n) is 4.62. The predicted octanol–water partition coefficient (Wildman–Crippen LogP) is 1.88. The van der Waals surface area contributed by atoms with E-state index in [2.05, 4.69) is 12.1 Å². The molecule has 0 heterocycles. The summed E-state index contributed by atoms with van der Waals surface area (Å²) < 4.78 is 10.4. The van der Waals surface area contributed by atoms with Crippen molar-refractivity contribution >= 4 is 0 Å². The molecule has 0 aromatic heterocycles. The van der Waals surface area contributed by atoms with E-state index in [1.54, 1.807) is 14.2 Å². The lowest BCUT2D eigenvalue weighted by molar-refractivity contribution is 0.181. The molecule has 1 fully saturated rings. The average molecular weight is 221 g/mol. The molecule has 2 rings (SSSR count). The van der Waals surface area contributed by atoms with E-state index in [0.29, 0.717) is 6.61 Å². The summed E-state index contributed by atoms with van der Waals surface area (Å²) in [4.78, 5) is 0. The fraction of sp³-hybridized carbons (Fsp3) is 0.538. The molecule has 0 saturated heterocycles. The van der Waals surface area contributed by atoms with Crippen molar-refractivity contribution in [3.05, 3.63) is 29.3 Å². The van der Waals surface area contributed by atoms with Crippen molar-refractivity contribution in [3.8, 4) is 5.75 Å². The van der Waals surface area contributed by atoms with E-state index in [-0.39, 0.29) is 5.54 Å². The molecule has 1 saturated carbocycles.